The van der Waals surface area contributed by atoms with Gasteiger partial charge in [0.15, 0.2) is 0 Å². The Morgan fingerprint density at radius 3 is 2.32 bits per heavy atom. The van der Waals surface area contributed by atoms with E-state index in [2.05, 4.69) is 6.92 Å². The highest BCUT2D eigenvalue weighted by atomic mass is 16.5. The zero-order valence-corrected chi connectivity index (χ0v) is 12.3. The Bertz CT molecular complexity index is 434. The number of hydrogen-bond acceptors (Lipinski definition) is 2. The van der Waals surface area contributed by atoms with Crippen LogP contribution in [0.25, 0.3) is 0 Å². The van der Waals surface area contributed by atoms with Gasteiger partial charge < -0.3 is 9.84 Å². The standard InChI is InChI=1S/C16H24O3/c1-5-16(6-2,15(17)18)9-10-19-14-8-7-12(3)13(4)11-14/h7-8,11H,5-6,9-10H2,1-4H3,(H,17,18). The Balaban J connectivity index is 2.61. The molecule has 0 unspecified atom stereocenters. The molecule has 0 spiro atoms. The summed E-state index contributed by atoms with van der Waals surface area (Å²) in [4.78, 5) is 11.4. The van der Waals surface area contributed by atoms with Crippen molar-refractivity contribution >= 4 is 5.97 Å². The summed E-state index contributed by atoms with van der Waals surface area (Å²) >= 11 is 0. The van der Waals surface area contributed by atoms with Gasteiger partial charge in [-0.15, -0.1) is 0 Å². The summed E-state index contributed by atoms with van der Waals surface area (Å²) in [6.07, 6.45) is 1.81. The highest BCUT2D eigenvalue weighted by Crippen LogP contribution is 2.31. The van der Waals surface area contributed by atoms with Gasteiger partial charge in [-0.3, -0.25) is 4.79 Å². The number of ether oxygens (including phenoxy) is 1. The molecule has 0 aliphatic carbocycles. The van der Waals surface area contributed by atoms with E-state index in [-0.39, 0.29) is 0 Å². The predicted octanol–water partition coefficient (Wildman–Crippen LogP) is 3.96. The molecule has 1 aromatic carbocycles. The summed E-state index contributed by atoms with van der Waals surface area (Å²) in [5, 5.41) is 9.35. The lowest BCUT2D eigenvalue weighted by Gasteiger charge is -2.26. The quantitative estimate of drug-likeness (QED) is 0.810. The smallest absolute Gasteiger partial charge is 0.309 e. The van der Waals surface area contributed by atoms with E-state index in [4.69, 9.17) is 4.74 Å². The van der Waals surface area contributed by atoms with Crippen molar-refractivity contribution in [3.05, 3.63) is 29.3 Å². The molecule has 0 aromatic heterocycles. The van der Waals surface area contributed by atoms with Crippen LogP contribution in [0.1, 0.15) is 44.2 Å². The second-order valence-electron chi connectivity index (χ2n) is 5.14. The molecule has 0 saturated heterocycles. The van der Waals surface area contributed by atoms with Gasteiger partial charge in [-0.25, -0.2) is 0 Å². The average molecular weight is 264 g/mol. The molecule has 0 bridgehead atoms. The van der Waals surface area contributed by atoms with Gasteiger partial charge in [0.25, 0.3) is 0 Å². The van der Waals surface area contributed by atoms with Crippen molar-refractivity contribution in [3.8, 4) is 5.75 Å². The van der Waals surface area contributed by atoms with E-state index < -0.39 is 11.4 Å². The molecule has 0 saturated carbocycles. The third-order valence-corrected chi connectivity index (χ3v) is 4.13. The minimum atomic E-state index is -0.721. The van der Waals surface area contributed by atoms with Gasteiger partial charge in [0.05, 0.1) is 12.0 Å². The van der Waals surface area contributed by atoms with Crippen LogP contribution in [-0.4, -0.2) is 17.7 Å². The number of hydrogen-bond donors (Lipinski definition) is 1. The minimum Gasteiger partial charge on any atom is -0.494 e. The van der Waals surface area contributed by atoms with Crippen molar-refractivity contribution < 1.29 is 14.6 Å². The van der Waals surface area contributed by atoms with E-state index in [1.165, 1.54) is 11.1 Å². The zero-order valence-electron chi connectivity index (χ0n) is 12.3. The van der Waals surface area contributed by atoms with Gasteiger partial charge in [0, 0.05) is 0 Å². The first-order chi connectivity index (χ1) is 8.95. The van der Waals surface area contributed by atoms with E-state index in [0.29, 0.717) is 25.9 Å². The number of carboxylic acids is 1. The number of aryl methyl sites for hydroxylation is 2. The molecule has 1 aromatic rings. The summed E-state index contributed by atoms with van der Waals surface area (Å²) < 4.78 is 5.69. The fourth-order valence-electron chi connectivity index (χ4n) is 2.18. The lowest BCUT2D eigenvalue weighted by Crippen LogP contribution is -2.31. The van der Waals surface area contributed by atoms with Crippen LogP contribution in [0.5, 0.6) is 5.75 Å². The lowest BCUT2D eigenvalue weighted by atomic mass is 9.79. The first-order valence-corrected chi connectivity index (χ1v) is 6.88. The molecule has 0 radical (unpaired) electrons. The molecule has 0 atom stereocenters. The fourth-order valence-corrected chi connectivity index (χ4v) is 2.18. The van der Waals surface area contributed by atoms with Gasteiger partial charge in [-0.05, 0) is 56.4 Å². The average Bonchev–Trinajstić information content (AvgIpc) is 2.39. The fraction of sp³-hybridized carbons (Fsp3) is 0.562. The van der Waals surface area contributed by atoms with Gasteiger partial charge in [0.2, 0.25) is 0 Å². The molecule has 19 heavy (non-hydrogen) atoms. The maximum absolute atomic E-state index is 11.4. The molecule has 1 rings (SSSR count). The molecular formula is C16H24O3. The summed E-state index contributed by atoms with van der Waals surface area (Å²) in [7, 11) is 0. The summed E-state index contributed by atoms with van der Waals surface area (Å²) in [6.45, 7) is 8.39. The van der Waals surface area contributed by atoms with Crippen LogP contribution >= 0.6 is 0 Å². The molecule has 106 valence electrons. The van der Waals surface area contributed by atoms with Crippen LogP contribution in [0.15, 0.2) is 18.2 Å². The van der Waals surface area contributed by atoms with Gasteiger partial charge >= 0.3 is 5.97 Å². The van der Waals surface area contributed by atoms with Crippen LogP contribution in [0.4, 0.5) is 0 Å². The van der Waals surface area contributed by atoms with E-state index in [1.807, 2.05) is 39.0 Å². The van der Waals surface area contributed by atoms with Crippen molar-refractivity contribution in [1.82, 2.24) is 0 Å². The maximum atomic E-state index is 11.4. The highest BCUT2D eigenvalue weighted by molar-refractivity contribution is 5.74. The van der Waals surface area contributed by atoms with Crippen molar-refractivity contribution in [2.75, 3.05) is 6.61 Å². The molecule has 0 fully saturated rings. The zero-order chi connectivity index (χ0) is 14.5. The van der Waals surface area contributed by atoms with Crippen LogP contribution in [0, 0.1) is 19.3 Å². The number of benzene rings is 1. The third kappa shape index (κ3) is 3.72. The van der Waals surface area contributed by atoms with Gasteiger partial charge in [-0.1, -0.05) is 19.9 Å². The van der Waals surface area contributed by atoms with Crippen LogP contribution in [-0.2, 0) is 4.79 Å². The molecule has 3 nitrogen and oxygen atoms in total. The Hall–Kier alpha value is -1.51. The summed E-state index contributed by atoms with van der Waals surface area (Å²) in [5.74, 6) is 0.0933. The maximum Gasteiger partial charge on any atom is 0.309 e. The van der Waals surface area contributed by atoms with Crippen molar-refractivity contribution in [2.45, 2.75) is 47.0 Å². The van der Waals surface area contributed by atoms with Crippen LogP contribution in [0.2, 0.25) is 0 Å². The second kappa shape index (κ2) is 6.60. The van der Waals surface area contributed by atoms with Crippen molar-refractivity contribution in [3.63, 3.8) is 0 Å². The molecule has 3 heteroatoms. The molecule has 1 N–H and O–H groups in total. The summed E-state index contributed by atoms with van der Waals surface area (Å²) in [6, 6.07) is 5.95. The summed E-state index contributed by atoms with van der Waals surface area (Å²) in [5.41, 5.74) is 1.77. The molecule has 0 heterocycles. The van der Waals surface area contributed by atoms with E-state index in [1.54, 1.807) is 0 Å². The number of carbonyl (C=O) groups is 1. The minimum absolute atomic E-state index is 0.441. The van der Waals surface area contributed by atoms with E-state index >= 15 is 0 Å². The van der Waals surface area contributed by atoms with Gasteiger partial charge in [0.1, 0.15) is 5.75 Å². The number of carboxylic acid groups (broad SMARTS) is 1. The normalized spacial score (nSPS) is 11.4. The van der Waals surface area contributed by atoms with Crippen LogP contribution < -0.4 is 4.74 Å². The molecule has 0 aliphatic rings. The Labute approximate surface area is 115 Å². The monoisotopic (exact) mass is 264 g/mol. The number of rotatable bonds is 7. The van der Waals surface area contributed by atoms with Gasteiger partial charge in [-0.2, -0.15) is 0 Å². The Morgan fingerprint density at radius 1 is 1.21 bits per heavy atom. The first kappa shape index (κ1) is 15.5. The van der Waals surface area contributed by atoms with Crippen molar-refractivity contribution in [1.29, 1.82) is 0 Å². The topological polar surface area (TPSA) is 46.5 Å². The lowest BCUT2D eigenvalue weighted by molar-refractivity contribution is -0.150. The SMILES string of the molecule is CCC(CC)(CCOc1ccc(C)c(C)c1)C(=O)O. The Kier molecular flexibility index (Phi) is 5.40. The predicted molar refractivity (Wildman–Crippen MR) is 76.7 cm³/mol. The molecular weight excluding hydrogens is 240 g/mol. The second-order valence-corrected chi connectivity index (χ2v) is 5.14. The van der Waals surface area contributed by atoms with Crippen LogP contribution in [0.3, 0.4) is 0 Å². The highest BCUT2D eigenvalue weighted by Gasteiger charge is 2.34. The van der Waals surface area contributed by atoms with Crippen molar-refractivity contribution in [2.24, 2.45) is 5.41 Å². The van der Waals surface area contributed by atoms with E-state index in [0.717, 1.165) is 5.75 Å². The molecule has 0 amide bonds. The third-order valence-electron chi connectivity index (χ3n) is 4.13. The Morgan fingerprint density at radius 2 is 1.84 bits per heavy atom. The molecule has 0 aliphatic heterocycles. The van der Waals surface area contributed by atoms with E-state index in [9.17, 15) is 9.90 Å². The largest absolute Gasteiger partial charge is 0.494 e. The number of aliphatic carboxylic acids is 1. The first-order valence-electron chi connectivity index (χ1n) is 6.88.